The number of fused-ring (bicyclic) bond motifs is 3. The van der Waals surface area contributed by atoms with Gasteiger partial charge in [0.2, 0.25) is 12.6 Å². The molecule has 0 saturated heterocycles. The van der Waals surface area contributed by atoms with Crippen LogP contribution in [0.5, 0.6) is 23.0 Å². The van der Waals surface area contributed by atoms with E-state index in [2.05, 4.69) is 0 Å². The summed E-state index contributed by atoms with van der Waals surface area (Å²) >= 11 is 0. The first kappa shape index (κ1) is 24.9. The zero-order valence-electron chi connectivity index (χ0n) is 22.1. The Labute approximate surface area is 225 Å². The average molecular weight is 528 g/mol. The van der Waals surface area contributed by atoms with Crippen LogP contribution in [0.1, 0.15) is 59.1 Å². The second kappa shape index (κ2) is 10.0. The third-order valence-electron chi connectivity index (χ3n) is 6.96. The molecule has 8 nitrogen and oxygen atoms in total. The van der Waals surface area contributed by atoms with Crippen molar-refractivity contribution in [1.82, 2.24) is 4.90 Å². The first-order chi connectivity index (χ1) is 19.0. The van der Waals surface area contributed by atoms with E-state index in [9.17, 15) is 9.59 Å². The summed E-state index contributed by atoms with van der Waals surface area (Å²) in [5.41, 5.74) is 3.00. The SMILES string of the molecule is CCCOc1ccc([C@H]2c3c(oc4ccc(C)cc4c3=O)C(=O)N2Cc2ccc3c(c2)OCO3)cc1OCC. The Morgan fingerprint density at radius 1 is 0.923 bits per heavy atom. The highest BCUT2D eigenvalue weighted by Crippen LogP contribution is 2.42. The molecule has 0 N–H and O–H groups in total. The van der Waals surface area contributed by atoms with Crippen molar-refractivity contribution in [1.29, 1.82) is 0 Å². The maximum Gasteiger partial charge on any atom is 0.291 e. The minimum absolute atomic E-state index is 0.0614. The van der Waals surface area contributed by atoms with Gasteiger partial charge >= 0.3 is 0 Å². The van der Waals surface area contributed by atoms with Gasteiger partial charge in [-0.05, 0) is 67.8 Å². The zero-order chi connectivity index (χ0) is 27.1. The number of rotatable bonds is 8. The van der Waals surface area contributed by atoms with E-state index in [-0.39, 0.29) is 30.4 Å². The molecule has 0 bridgehead atoms. The number of hydrogen-bond donors (Lipinski definition) is 0. The number of amides is 1. The normalized spacial score (nSPS) is 15.6. The van der Waals surface area contributed by atoms with Crippen molar-refractivity contribution in [2.75, 3.05) is 20.0 Å². The van der Waals surface area contributed by atoms with Crippen molar-refractivity contribution in [3.63, 3.8) is 0 Å². The molecular weight excluding hydrogens is 498 g/mol. The third kappa shape index (κ3) is 4.35. The molecule has 4 aromatic rings. The van der Waals surface area contributed by atoms with E-state index in [0.717, 1.165) is 23.1 Å². The van der Waals surface area contributed by atoms with Crippen LogP contribution in [0.3, 0.4) is 0 Å². The highest BCUT2D eigenvalue weighted by molar-refractivity contribution is 5.99. The molecule has 3 heterocycles. The van der Waals surface area contributed by atoms with Gasteiger partial charge in [-0.15, -0.1) is 0 Å². The van der Waals surface area contributed by atoms with Gasteiger partial charge in [0.25, 0.3) is 5.91 Å². The Morgan fingerprint density at radius 3 is 2.59 bits per heavy atom. The summed E-state index contributed by atoms with van der Waals surface area (Å²) in [6, 6.07) is 15.9. The smallest absolute Gasteiger partial charge is 0.291 e. The minimum Gasteiger partial charge on any atom is -0.490 e. The van der Waals surface area contributed by atoms with Crippen molar-refractivity contribution < 1.29 is 28.2 Å². The van der Waals surface area contributed by atoms with Crippen molar-refractivity contribution in [2.24, 2.45) is 0 Å². The van der Waals surface area contributed by atoms with Crippen LogP contribution in [-0.2, 0) is 6.54 Å². The van der Waals surface area contributed by atoms with Crippen LogP contribution in [0.25, 0.3) is 11.0 Å². The minimum atomic E-state index is -0.682. The number of nitrogens with zero attached hydrogens (tertiary/aromatic N) is 1. The summed E-state index contributed by atoms with van der Waals surface area (Å²) < 4.78 is 28.9. The summed E-state index contributed by atoms with van der Waals surface area (Å²) in [6.07, 6.45) is 0.856. The number of benzene rings is 3. The van der Waals surface area contributed by atoms with Gasteiger partial charge in [-0.3, -0.25) is 9.59 Å². The Kier molecular flexibility index (Phi) is 6.38. The number of carbonyl (C=O) groups excluding carboxylic acids is 1. The molecule has 2 aliphatic heterocycles. The van der Waals surface area contributed by atoms with Gasteiger partial charge in [0.05, 0.1) is 30.2 Å². The Balaban J connectivity index is 1.50. The molecule has 0 saturated carbocycles. The van der Waals surface area contributed by atoms with Crippen LogP contribution < -0.4 is 24.4 Å². The molecule has 1 amide bonds. The van der Waals surface area contributed by atoms with Gasteiger partial charge in [-0.1, -0.05) is 30.7 Å². The number of ether oxygens (including phenoxy) is 4. The zero-order valence-corrected chi connectivity index (χ0v) is 22.1. The quantitative estimate of drug-likeness (QED) is 0.288. The van der Waals surface area contributed by atoms with Crippen molar-refractivity contribution in [3.8, 4) is 23.0 Å². The summed E-state index contributed by atoms with van der Waals surface area (Å²) in [4.78, 5) is 29.5. The molecule has 0 spiro atoms. The van der Waals surface area contributed by atoms with Crippen molar-refractivity contribution >= 4 is 16.9 Å². The Morgan fingerprint density at radius 2 is 1.77 bits per heavy atom. The van der Waals surface area contributed by atoms with Gasteiger partial charge in [0.15, 0.2) is 28.4 Å². The molecule has 0 unspecified atom stereocenters. The lowest BCUT2D eigenvalue weighted by atomic mass is 9.97. The molecule has 0 fully saturated rings. The second-order valence-electron chi connectivity index (χ2n) is 9.68. The summed E-state index contributed by atoms with van der Waals surface area (Å²) in [6.45, 7) is 7.25. The van der Waals surface area contributed by atoms with Crippen LogP contribution in [0.2, 0.25) is 0 Å². The average Bonchev–Trinajstić information content (AvgIpc) is 3.51. The van der Waals surface area contributed by atoms with E-state index in [0.29, 0.717) is 52.7 Å². The first-order valence-electron chi connectivity index (χ1n) is 13.1. The van der Waals surface area contributed by atoms with Crippen LogP contribution >= 0.6 is 0 Å². The molecular formula is C31H29NO7. The van der Waals surface area contributed by atoms with Gasteiger partial charge in [0, 0.05) is 6.54 Å². The lowest BCUT2D eigenvalue weighted by molar-refractivity contribution is 0.0714. The van der Waals surface area contributed by atoms with Gasteiger partial charge < -0.3 is 28.3 Å². The Bertz CT molecular complexity index is 1640. The van der Waals surface area contributed by atoms with E-state index >= 15 is 0 Å². The van der Waals surface area contributed by atoms with Gasteiger partial charge in [-0.2, -0.15) is 0 Å². The third-order valence-corrected chi connectivity index (χ3v) is 6.96. The highest BCUT2D eigenvalue weighted by Gasteiger charge is 2.43. The van der Waals surface area contributed by atoms with Crippen LogP contribution in [0.4, 0.5) is 0 Å². The molecule has 1 atom stereocenters. The van der Waals surface area contributed by atoms with Gasteiger partial charge in [-0.25, -0.2) is 0 Å². The molecule has 6 rings (SSSR count). The topological polar surface area (TPSA) is 87.4 Å². The van der Waals surface area contributed by atoms with E-state index < -0.39 is 6.04 Å². The standard InChI is InChI=1S/C31H29NO7/c1-4-12-36-23-11-8-20(15-26(23)35-5-2)28-27-29(33)21-13-18(3)6-9-22(21)39-30(27)31(34)32(28)16-19-7-10-24-25(14-19)38-17-37-24/h6-11,13-15,28H,4-5,12,16-17H2,1-3H3/t28-/m0/s1. The molecule has 3 aromatic carbocycles. The van der Waals surface area contributed by atoms with Crippen LogP contribution in [0.15, 0.2) is 63.8 Å². The van der Waals surface area contributed by atoms with E-state index in [1.54, 1.807) is 17.0 Å². The molecule has 200 valence electrons. The van der Waals surface area contributed by atoms with E-state index in [4.69, 9.17) is 23.4 Å². The molecule has 1 aromatic heterocycles. The molecule has 0 aliphatic carbocycles. The maximum atomic E-state index is 13.9. The number of aryl methyl sites for hydroxylation is 1. The van der Waals surface area contributed by atoms with E-state index in [1.165, 1.54) is 0 Å². The van der Waals surface area contributed by atoms with Gasteiger partial charge in [0.1, 0.15) is 5.58 Å². The van der Waals surface area contributed by atoms with E-state index in [1.807, 2.05) is 63.2 Å². The summed E-state index contributed by atoms with van der Waals surface area (Å²) in [7, 11) is 0. The van der Waals surface area contributed by atoms with Crippen LogP contribution in [0, 0.1) is 6.92 Å². The second-order valence-corrected chi connectivity index (χ2v) is 9.68. The lowest BCUT2D eigenvalue weighted by Gasteiger charge is -2.26. The fraction of sp³-hybridized carbons (Fsp3) is 0.290. The maximum absolute atomic E-state index is 13.9. The van der Waals surface area contributed by atoms with Crippen LogP contribution in [-0.4, -0.2) is 30.8 Å². The number of hydrogen-bond acceptors (Lipinski definition) is 7. The molecule has 8 heteroatoms. The predicted octanol–water partition coefficient (Wildman–Crippen LogP) is 5.76. The largest absolute Gasteiger partial charge is 0.490 e. The predicted molar refractivity (Wildman–Crippen MR) is 145 cm³/mol. The van der Waals surface area contributed by atoms with Crippen molar-refractivity contribution in [3.05, 3.63) is 92.8 Å². The molecule has 2 aliphatic rings. The molecule has 39 heavy (non-hydrogen) atoms. The fourth-order valence-electron chi connectivity index (χ4n) is 5.17. The first-order valence-corrected chi connectivity index (χ1v) is 13.1. The summed E-state index contributed by atoms with van der Waals surface area (Å²) in [5.74, 6) is 2.18. The summed E-state index contributed by atoms with van der Waals surface area (Å²) in [5, 5.41) is 0.449. The fourth-order valence-corrected chi connectivity index (χ4v) is 5.17. The molecule has 0 radical (unpaired) electrons. The Hall–Kier alpha value is -4.46. The highest BCUT2D eigenvalue weighted by atomic mass is 16.7. The monoisotopic (exact) mass is 527 g/mol. The lowest BCUT2D eigenvalue weighted by Crippen LogP contribution is -2.29. The van der Waals surface area contributed by atoms with Crippen molar-refractivity contribution in [2.45, 2.75) is 39.8 Å². The number of carbonyl (C=O) groups is 1.